The minimum atomic E-state index is -1.39. The Bertz CT molecular complexity index is 375. The van der Waals surface area contributed by atoms with Crippen LogP contribution < -0.4 is 5.32 Å². The molecule has 100 valence electrons. The summed E-state index contributed by atoms with van der Waals surface area (Å²) < 4.78 is 5.27. The Hall–Kier alpha value is -1.25. The summed E-state index contributed by atoms with van der Waals surface area (Å²) in [6.45, 7) is -0.453. The average Bonchev–Trinajstić information content (AvgIpc) is 2.40. The van der Waals surface area contributed by atoms with E-state index in [0.29, 0.717) is 5.82 Å². The summed E-state index contributed by atoms with van der Waals surface area (Å²) >= 11 is 0. The van der Waals surface area contributed by atoms with Crippen LogP contribution in [0.2, 0.25) is 0 Å². The van der Waals surface area contributed by atoms with E-state index < -0.39 is 37.3 Å². The van der Waals surface area contributed by atoms with Crippen LogP contribution in [0, 0.1) is 0 Å². The summed E-state index contributed by atoms with van der Waals surface area (Å²) in [6.07, 6.45) is -4.37. The van der Waals surface area contributed by atoms with Crippen molar-refractivity contribution in [3.63, 3.8) is 0 Å². The van der Waals surface area contributed by atoms with Crippen LogP contribution in [-0.2, 0) is 4.74 Å². The molecule has 7 nitrogen and oxygen atoms in total. The molecule has 0 aromatic carbocycles. The molecule has 0 unspecified atom stereocenters. The van der Waals surface area contributed by atoms with E-state index in [1.165, 1.54) is 0 Å². The van der Waals surface area contributed by atoms with Gasteiger partial charge >= 0.3 is 0 Å². The number of nitrogens with zero attached hydrogens (tertiary/aromatic N) is 1. The van der Waals surface area contributed by atoms with Gasteiger partial charge < -0.3 is 30.5 Å². The van der Waals surface area contributed by atoms with Gasteiger partial charge in [0.25, 0.3) is 0 Å². The highest BCUT2D eigenvalue weighted by Gasteiger charge is 2.43. The maximum atomic E-state index is 9.78. The fraction of sp³-hybridized carbons (Fsp3) is 0.545. The predicted molar refractivity (Wildman–Crippen MR) is 61.6 cm³/mol. The van der Waals surface area contributed by atoms with Gasteiger partial charge in [0.15, 0.2) is 6.23 Å². The fourth-order valence-electron chi connectivity index (χ4n) is 1.81. The average molecular weight is 256 g/mol. The van der Waals surface area contributed by atoms with Crippen molar-refractivity contribution in [1.82, 2.24) is 4.98 Å². The van der Waals surface area contributed by atoms with Gasteiger partial charge in [-0.1, -0.05) is 6.07 Å². The molecule has 5 atom stereocenters. The molecular formula is C11H16N2O5. The summed E-state index contributed by atoms with van der Waals surface area (Å²) in [5, 5.41) is 40.8. The van der Waals surface area contributed by atoms with Crippen LogP contribution in [0.1, 0.15) is 0 Å². The van der Waals surface area contributed by atoms with Gasteiger partial charge in [0.05, 0.1) is 6.61 Å². The summed E-state index contributed by atoms with van der Waals surface area (Å²) in [4.78, 5) is 3.99. The van der Waals surface area contributed by atoms with E-state index in [2.05, 4.69) is 10.3 Å². The van der Waals surface area contributed by atoms with Crippen LogP contribution in [-0.4, -0.2) is 62.7 Å². The SMILES string of the molecule is OC[C@@H]1O[C@H](Nc2ccccn2)[C@H](O)[C@H](O)[C@@H]1O. The number of aromatic nitrogens is 1. The Morgan fingerprint density at radius 3 is 2.56 bits per heavy atom. The molecule has 18 heavy (non-hydrogen) atoms. The van der Waals surface area contributed by atoms with E-state index in [0.717, 1.165) is 0 Å². The number of rotatable bonds is 3. The maximum Gasteiger partial charge on any atom is 0.158 e. The zero-order chi connectivity index (χ0) is 13.1. The Kier molecular flexibility index (Phi) is 4.10. The van der Waals surface area contributed by atoms with Crippen molar-refractivity contribution in [2.75, 3.05) is 11.9 Å². The van der Waals surface area contributed by atoms with E-state index in [1.54, 1.807) is 24.4 Å². The van der Waals surface area contributed by atoms with Crippen LogP contribution in [0.4, 0.5) is 5.82 Å². The van der Waals surface area contributed by atoms with E-state index in [9.17, 15) is 15.3 Å². The number of anilines is 1. The Labute approximate surface area is 104 Å². The van der Waals surface area contributed by atoms with Gasteiger partial charge in [-0.05, 0) is 12.1 Å². The van der Waals surface area contributed by atoms with Crippen LogP contribution in [0.5, 0.6) is 0 Å². The molecule has 0 saturated carbocycles. The summed E-state index contributed by atoms with van der Waals surface area (Å²) in [5.74, 6) is 0.460. The standard InChI is InChI=1S/C11H16N2O5/c14-5-6-8(15)9(16)10(17)11(18-6)13-7-3-1-2-4-12-7/h1-4,6,8-11,14-17H,5H2,(H,12,13)/t6-,8+,9+,10+,11-/m0/s1. The highest BCUT2D eigenvalue weighted by Crippen LogP contribution is 2.21. The first-order chi connectivity index (χ1) is 8.63. The zero-order valence-electron chi connectivity index (χ0n) is 9.55. The normalized spacial score (nSPS) is 36.3. The highest BCUT2D eigenvalue weighted by molar-refractivity contribution is 5.34. The lowest BCUT2D eigenvalue weighted by Gasteiger charge is -2.40. The summed E-state index contributed by atoms with van der Waals surface area (Å²) in [6, 6.07) is 5.15. The van der Waals surface area contributed by atoms with Crippen molar-refractivity contribution >= 4 is 5.82 Å². The molecule has 2 rings (SSSR count). The molecule has 0 spiro atoms. The maximum absolute atomic E-state index is 9.78. The van der Waals surface area contributed by atoms with Gasteiger partial charge in [0.2, 0.25) is 0 Å². The van der Waals surface area contributed by atoms with E-state index in [-0.39, 0.29) is 0 Å². The number of aliphatic hydroxyl groups excluding tert-OH is 4. The second-order valence-corrected chi connectivity index (χ2v) is 4.11. The molecule has 1 saturated heterocycles. The van der Waals surface area contributed by atoms with Crippen molar-refractivity contribution in [2.45, 2.75) is 30.6 Å². The molecule has 0 aliphatic carbocycles. The second kappa shape index (κ2) is 5.59. The smallest absolute Gasteiger partial charge is 0.158 e. The van der Waals surface area contributed by atoms with Gasteiger partial charge in [-0.3, -0.25) is 0 Å². The molecule has 1 aliphatic heterocycles. The Morgan fingerprint density at radius 2 is 1.94 bits per heavy atom. The number of nitrogens with one attached hydrogen (secondary N) is 1. The van der Waals surface area contributed by atoms with Crippen molar-refractivity contribution in [2.24, 2.45) is 0 Å². The molecule has 0 amide bonds. The monoisotopic (exact) mass is 256 g/mol. The van der Waals surface area contributed by atoms with Crippen molar-refractivity contribution < 1.29 is 25.2 Å². The highest BCUT2D eigenvalue weighted by atomic mass is 16.6. The third-order valence-electron chi connectivity index (χ3n) is 2.85. The first-order valence-electron chi connectivity index (χ1n) is 5.61. The second-order valence-electron chi connectivity index (χ2n) is 4.11. The molecule has 2 heterocycles. The lowest BCUT2D eigenvalue weighted by atomic mass is 9.98. The number of hydrogen-bond donors (Lipinski definition) is 5. The predicted octanol–water partition coefficient (Wildman–Crippen LogP) is -1.71. The van der Waals surface area contributed by atoms with Crippen molar-refractivity contribution in [3.05, 3.63) is 24.4 Å². The zero-order valence-corrected chi connectivity index (χ0v) is 9.55. The minimum absolute atomic E-state index is 0.453. The number of pyridine rings is 1. The number of aliphatic hydroxyl groups is 4. The number of ether oxygens (including phenoxy) is 1. The topological polar surface area (TPSA) is 115 Å². The lowest BCUT2D eigenvalue weighted by Crippen LogP contribution is -2.60. The number of hydrogen-bond acceptors (Lipinski definition) is 7. The van der Waals surface area contributed by atoms with Gasteiger partial charge in [-0.25, -0.2) is 4.98 Å². The summed E-state index contributed by atoms with van der Waals surface area (Å²) in [7, 11) is 0. The minimum Gasteiger partial charge on any atom is -0.394 e. The molecule has 1 fully saturated rings. The molecule has 0 bridgehead atoms. The van der Waals surface area contributed by atoms with Crippen LogP contribution in [0.15, 0.2) is 24.4 Å². The Balaban J connectivity index is 2.08. The van der Waals surface area contributed by atoms with Gasteiger partial charge in [-0.2, -0.15) is 0 Å². The van der Waals surface area contributed by atoms with Crippen molar-refractivity contribution in [1.29, 1.82) is 0 Å². The van der Waals surface area contributed by atoms with Crippen molar-refractivity contribution in [3.8, 4) is 0 Å². The molecule has 0 radical (unpaired) electrons. The molecule has 1 aliphatic rings. The van der Waals surface area contributed by atoms with Gasteiger partial charge in [0.1, 0.15) is 30.2 Å². The molecule has 7 heteroatoms. The first kappa shape index (κ1) is 13.2. The van der Waals surface area contributed by atoms with Crippen LogP contribution >= 0.6 is 0 Å². The van der Waals surface area contributed by atoms with Gasteiger partial charge in [-0.15, -0.1) is 0 Å². The Morgan fingerprint density at radius 1 is 1.17 bits per heavy atom. The third-order valence-corrected chi connectivity index (χ3v) is 2.85. The lowest BCUT2D eigenvalue weighted by molar-refractivity contribution is -0.221. The molecule has 5 N–H and O–H groups in total. The fourth-order valence-corrected chi connectivity index (χ4v) is 1.81. The van der Waals surface area contributed by atoms with Gasteiger partial charge in [0, 0.05) is 6.20 Å². The quantitative estimate of drug-likeness (QED) is 0.437. The molecule has 1 aromatic rings. The van der Waals surface area contributed by atoms with E-state index in [1.807, 2.05) is 0 Å². The van der Waals surface area contributed by atoms with Crippen LogP contribution in [0.3, 0.4) is 0 Å². The summed E-state index contributed by atoms with van der Waals surface area (Å²) in [5.41, 5.74) is 0. The van der Waals surface area contributed by atoms with Crippen LogP contribution in [0.25, 0.3) is 0 Å². The largest absolute Gasteiger partial charge is 0.394 e. The molecule has 1 aromatic heterocycles. The third kappa shape index (κ3) is 2.60. The molecular weight excluding hydrogens is 240 g/mol. The first-order valence-corrected chi connectivity index (χ1v) is 5.61. The van der Waals surface area contributed by atoms with E-state index in [4.69, 9.17) is 9.84 Å². The van der Waals surface area contributed by atoms with E-state index >= 15 is 0 Å².